The molecule has 0 aliphatic rings. The van der Waals surface area contributed by atoms with Crippen LogP contribution in [-0.4, -0.2) is 41.0 Å². The Kier molecular flexibility index (Phi) is 7.73. The second kappa shape index (κ2) is 10.5. The molecule has 10 nitrogen and oxygen atoms in total. The third-order valence-corrected chi connectivity index (χ3v) is 5.42. The van der Waals surface area contributed by atoms with E-state index < -0.39 is 10.0 Å². The molecule has 0 spiro atoms. The van der Waals surface area contributed by atoms with Crippen molar-refractivity contribution in [1.82, 2.24) is 19.7 Å². The highest BCUT2D eigenvalue weighted by molar-refractivity contribution is 7.91. The quantitative estimate of drug-likeness (QED) is 0.441. The van der Waals surface area contributed by atoms with Crippen LogP contribution in [-0.2, 0) is 16.6 Å². The molecular weight excluding hydrogens is 466 g/mol. The van der Waals surface area contributed by atoms with Crippen molar-refractivity contribution in [3.05, 3.63) is 58.6 Å². The Balaban J connectivity index is 1.71. The minimum Gasteiger partial charge on any atom is -0.491 e. The summed E-state index contributed by atoms with van der Waals surface area (Å²) in [5, 5.41) is 17.5. The van der Waals surface area contributed by atoms with E-state index in [0.29, 0.717) is 35.2 Å². The zero-order valence-corrected chi connectivity index (χ0v) is 20.0. The first-order valence-corrected chi connectivity index (χ1v) is 12.4. The Morgan fingerprint density at radius 1 is 1.36 bits per heavy atom. The van der Waals surface area contributed by atoms with Crippen LogP contribution in [0.15, 0.2) is 36.8 Å². The summed E-state index contributed by atoms with van der Waals surface area (Å²) in [6.45, 7) is 4.75. The van der Waals surface area contributed by atoms with Crippen LogP contribution in [0, 0.1) is 11.3 Å². The Bertz CT molecular complexity index is 1270. The molecule has 1 aromatic carbocycles. The molecule has 12 heteroatoms. The van der Waals surface area contributed by atoms with E-state index in [1.54, 1.807) is 29.1 Å². The van der Waals surface area contributed by atoms with Crippen molar-refractivity contribution in [2.24, 2.45) is 0 Å². The lowest BCUT2D eigenvalue weighted by atomic mass is 10.0. The number of nitrogens with one attached hydrogen (secondary N) is 2. The molecule has 2 N–H and O–H groups in total. The van der Waals surface area contributed by atoms with E-state index in [-0.39, 0.29) is 12.0 Å². The highest BCUT2D eigenvalue weighted by Gasteiger charge is 2.16. The lowest BCUT2D eigenvalue weighted by Crippen LogP contribution is -2.13. The average molecular weight is 490 g/mol. The van der Waals surface area contributed by atoms with Crippen LogP contribution in [0.25, 0.3) is 0 Å². The van der Waals surface area contributed by atoms with Crippen LogP contribution in [0.5, 0.6) is 5.75 Å². The second-order valence-electron chi connectivity index (χ2n) is 7.32. The average Bonchev–Trinajstić information content (AvgIpc) is 3.24. The lowest BCUT2D eigenvalue weighted by molar-refractivity contribution is 0.316. The zero-order chi connectivity index (χ0) is 24.0. The number of halogens is 1. The number of ether oxygens (including phenoxy) is 1. The van der Waals surface area contributed by atoms with Gasteiger partial charge in [-0.15, -0.1) is 0 Å². The summed E-state index contributed by atoms with van der Waals surface area (Å²) in [4.78, 5) is 8.07. The van der Waals surface area contributed by atoms with Crippen LogP contribution in [0.2, 0.25) is 5.02 Å². The summed E-state index contributed by atoms with van der Waals surface area (Å²) in [5.41, 5.74) is 2.55. The summed E-state index contributed by atoms with van der Waals surface area (Å²) in [6.07, 6.45) is 6.82. The second-order valence-corrected chi connectivity index (χ2v) is 9.48. The molecule has 3 aromatic rings. The molecular formula is C21H24ClN7O3S. The smallest absolute Gasteiger partial charge is 0.236 e. The van der Waals surface area contributed by atoms with Gasteiger partial charge in [0, 0.05) is 12.4 Å². The summed E-state index contributed by atoms with van der Waals surface area (Å²) in [6, 6.07) is 7.18. The summed E-state index contributed by atoms with van der Waals surface area (Å²) >= 11 is 6.38. The van der Waals surface area contributed by atoms with Crippen molar-refractivity contribution in [3.63, 3.8) is 0 Å². The Labute approximate surface area is 197 Å². The normalized spacial score (nSPS) is 12.1. The highest BCUT2D eigenvalue weighted by Crippen LogP contribution is 2.33. The number of nitrogens with zero attached hydrogens (tertiary/aromatic N) is 5. The fraction of sp³-hybridized carbons (Fsp3) is 0.333. The number of anilines is 2. The SMILES string of the molecule is CCCOc1c(Cl)cc(C(C)n2cc(NCc3ccnc(NS(C)(=O)=O)n3)cn2)cc1C#N. The highest BCUT2D eigenvalue weighted by atomic mass is 35.5. The van der Waals surface area contributed by atoms with Crippen molar-refractivity contribution >= 4 is 33.3 Å². The van der Waals surface area contributed by atoms with Gasteiger partial charge in [0.1, 0.15) is 6.07 Å². The fourth-order valence-electron chi connectivity index (χ4n) is 2.99. The summed E-state index contributed by atoms with van der Waals surface area (Å²) < 4.78 is 32.3. The van der Waals surface area contributed by atoms with Gasteiger partial charge in [0.15, 0.2) is 5.75 Å². The van der Waals surface area contributed by atoms with Crippen molar-refractivity contribution in [2.75, 3.05) is 22.9 Å². The molecule has 33 heavy (non-hydrogen) atoms. The number of hydrogen-bond acceptors (Lipinski definition) is 8. The van der Waals surface area contributed by atoms with Gasteiger partial charge in [0.25, 0.3) is 0 Å². The van der Waals surface area contributed by atoms with Crippen LogP contribution in [0.1, 0.15) is 43.1 Å². The van der Waals surface area contributed by atoms with Crippen molar-refractivity contribution < 1.29 is 13.2 Å². The molecule has 0 amide bonds. The van der Waals surface area contributed by atoms with E-state index in [2.05, 4.69) is 31.2 Å². The Morgan fingerprint density at radius 3 is 2.85 bits per heavy atom. The van der Waals surface area contributed by atoms with E-state index in [1.165, 1.54) is 6.20 Å². The van der Waals surface area contributed by atoms with Crippen LogP contribution >= 0.6 is 11.6 Å². The molecule has 1 atom stereocenters. The molecule has 1 unspecified atom stereocenters. The van der Waals surface area contributed by atoms with Crippen LogP contribution < -0.4 is 14.8 Å². The fourth-order valence-corrected chi connectivity index (χ4v) is 3.70. The van der Waals surface area contributed by atoms with E-state index >= 15 is 0 Å². The monoisotopic (exact) mass is 489 g/mol. The summed E-state index contributed by atoms with van der Waals surface area (Å²) in [5.74, 6) is 0.409. The van der Waals surface area contributed by atoms with Crippen molar-refractivity contribution in [2.45, 2.75) is 32.9 Å². The molecule has 0 bridgehead atoms. The van der Waals surface area contributed by atoms with E-state index in [1.807, 2.05) is 20.0 Å². The molecule has 0 aliphatic heterocycles. The number of nitriles is 1. The number of sulfonamides is 1. The predicted octanol–water partition coefficient (Wildman–Crippen LogP) is 3.58. The third kappa shape index (κ3) is 6.57. The maximum atomic E-state index is 11.4. The molecule has 2 heterocycles. The van der Waals surface area contributed by atoms with E-state index in [9.17, 15) is 13.7 Å². The van der Waals surface area contributed by atoms with Gasteiger partial charge in [-0.05, 0) is 37.1 Å². The molecule has 0 radical (unpaired) electrons. The Hall–Kier alpha value is -3.36. The molecule has 0 fully saturated rings. The number of hydrogen-bond donors (Lipinski definition) is 2. The van der Waals surface area contributed by atoms with Crippen molar-refractivity contribution in [1.29, 1.82) is 5.26 Å². The van der Waals surface area contributed by atoms with Gasteiger partial charge in [0.05, 0.1) is 53.6 Å². The van der Waals surface area contributed by atoms with Crippen LogP contribution in [0.3, 0.4) is 0 Å². The minimum atomic E-state index is -3.46. The first-order valence-electron chi connectivity index (χ1n) is 10.1. The molecule has 3 rings (SSSR count). The van der Waals surface area contributed by atoms with Gasteiger partial charge in [-0.3, -0.25) is 9.40 Å². The van der Waals surface area contributed by atoms with Gasteiger partial charge in [-0.2, -0.15) is 10.4 Å². The number of rotatable bonds is 10. The van der Waals surface area contributed by atoms with Gasteiger partial charge < -0.3 is 10.1 Å². The van der Waals surface area contributed by atoms with Crippen molar-refractivity contribution in [3.8, 4) is 11.8 Å². The zero-order valence-electron chi connectivity index (χ0n) is 18.4. The van der Waals surface area contributed by atoms with E-state index in [4.69, 9.17) is 16.3 Å². The largest absolute Gasteiger partial charge is 0.491 e. The van der Waals surface area contributed by atoms with E-state index in [0.717, 1.165) is 23.9 Å². The standard InChI is InChI=1S/C21H24ClN7O3S/c1-4-7-32-20-16(10-23)8-15(9-19(20)22)14(2)29-13-18(12-26-29)25-11-17-5-6-24-21(27-17)28-33(3,30)31/h5-6,8-9,12-14,25H,4,7,11H2,1-3H3,(H,24,27,28). The van der Waals surface area contributed by atoms with Gasteiger partial charge in [0.2, 0.25) is 16.0 Å². The molecule has 0 aliphatic carbocycles. The first-order chi connectivity index (χ1) is 15.7. The maximum absolute atomic E-state index is 11.4. The number of aromatic nitrogens is 4. The third-order valence-electron chi connectivity index (χ3n) is 4.58. The van der Waals surface area contributed by atoms with Crippen LogP contribution in [0.4, 0.5) is 11.6 Å². The lowest BCUT2D eigenvalue weighted by Gasteiger charge is -2.16. The minimum absolute atomic E-state index is 0.0117. The first kappa shape index (κ1) is 24.3. The maximum Gasteiger partial charge on any atom is 0.236 e. The Morgan fingerprint density at radius 2 is 2.15 bits per heavy atom. The predicted molar refractivity (Wildman–Crippen MR) is 126 cm³/mol. The molecule has 0 saturated carbocycles. The molecule has 0 saturated heterocycles. The summed E-state index contributed by atoms with van der Waals surface area (Å²) in [7, 11) is -3.46. The number of benzene rings is 1. The molecule has 174 valence electrons. The topological polar surface area (TPSA) is 135 Å². The van der Waals surface area contributed by atoms with Gasteiger partial charge in [-0.1, -0.05) is 18.5 Å². The molecule has 2 aromatic heterocycles. The van der Waals surface area contributed by atoms with Gasteiger partial charge in [-0.25, -0.2) is 18.4 Å². The van der Waals surface area contributed by atoms with Gasteiger partial charge >= 0.3 is 0 Å².